The molecule has 7 nitrogen and oxygen atoms in total. The van der Waals surface area contributed by atoms with E-state index in [2.05, 4.69) is 10.1 Å². The standard InChI is InChI=1S/C18H24N4O3/c1-13-9-14(21(4)20-13)10-22(11-15-12-24-18(2,3)25-15)17(23)16-7-5-6-8-19-16/h5-9,15H,10-12H2,1-4H3/t15-/m1/s1. The molecule has 0 aliphatic carbocycles. The first-order valence-electron chi connectivity index (χ1n) is 8.36. The summed E-state index contributed by atoms with van der Waals surface area (Å²) in [6.45, 7) is 7.02. The highest BCUT2D eigenvalue weighted by atomic mass is 16.7. The van der Waals surface area contributed by atoms with Gasteiger partial charge in [0.15, 0.2) is 5.79 Å². The second-order valence-electron chi connectivity index (χ2n) is 6.75. The molecule has 1 atom stereocenters. The van der Waals surface area contributed by atoms with E-state index in [1.54, 1.807) is 27.9 Å². The Kier molecular flexibility index (Phi) is 4.87. The van der Waals surface area contributed by atoms with E-state index in [1.165, 1.54) is 0 Å². The van der Waals surface area contributed by atoms with E-state index in [-0.39, 0.29) is 12.0 Å². The summed E-state index contributed by atoms with van der Waals surface area (Å²) in [7, 11) is 1.88. The fourth-order valence-electron chi connectivity index (χ4n) is 2.98. The van der Waals surface area contributed by atoms with Crippen molar-refractivity contribution < 1.29 is 14.3 Å². The summed E-state index contributed by atoms with van der Waals surface area (Å²) >= 11 is 0. The number of amides is 1. The summed E-state index contributed by atoms with van der Waals surface area (Å²) in [5.41, 5.74) is 2.30. The summed E-state index contributed by atoms with van der Waals surface area (Å²) in [5, 5.41) is 4.36. The number of ether oxygens (including phenoxy) is 2. The number of aryl methyl sites for hydroxylation is 2. The minimum absolute atomic E-state index is 0.132. The smallest absolute Gasteiger partial charge is 0.272 e. The molecule has 1 amide bonds. The zero-order valence-electron chi connectivity index (χ0n) is 15.1. The Morgan fingerprint density at radius 1 is 1.44 bits per heavy atom. The van der Waals surface area contributed by atoms with Gasteiger partial charge in [-0.2, -0.15) is 5.10 Å². The summed E-state index contributed by atoms with van der Waals surface area (Å²) < 4.78 is 13.3. The van der Waals surface area contributed by atoms with E-state index in [9.17, 15) is 4.79 Å². The lowest BCUT2D eigenvalue weighted by molar-refractivity contribution is -0.139. The van der Waals surface area contributed by atoms with Crippen LogP contribution < -0.4 is 0 Å². The molecular formula is C18H24N4O3. The number of nitrogens with zero attached hydrogens (tertiary/aromatic N) is 4. The first kappa shape index (κ1) is 17.6. The second-order valence-corrected chi connectivity index (χ2v) is 6.75. The van der Waals surface area contributed by atoms with Gasteiger partial charge in [-0.3, -0.25) is 14.5 Å². The van der Waals surface area contributed by atoms with Crippen molar-refractivity contribution in [3.8, 4) is 0 Å². The van der Waals surface area contributed by atoms with Crippen LogP contribution in [0.4, 0.5) is 0 Å². The highest BCUT2D eigenvalue weighted by molar-refractivity contribution is 5.92. The molecule has 2 aromatic rings. The normalized spacial score (nSPS) is 19.1. The largest absolute Gasteiger partial charge is 0.348 e. The van der Waals surface area contributed by atoms with Crippen LogP contribution in [0.2, 0.25) is 0 Å². The minimum Gasteiger partial charge on any atom is -0.348 e. The minimum atomic E-state index is -0.618. The molecule has 25 heavy (non-hydrogen) atoms. The maximum Gasteiger partial charge on any atom is 0.272 e. The van der Waals surface area contributed by atoms with Gasteiger partial charge in [0.2, 0.25) is 0 Å². The van der Waals surface area contributed by atoms with Gasteiger partial charge < -0.3 is 14.4 Å². The average Bonchev–Trinajstić information content (AvgIpc) is 3.07. The third-order valence-electron chi connectivity index (χ3n) is 4.11. The average molecular weight is 344 g/mol. The summed E-state index contributed by atoms with van der Waals surface area (Å²) in [6, 6.07) is 7.31. The molecule has 1 fully saturated rings. The molecule has 0 saturated carbocycles. The Morgan fingerprint density at radius 3 is 2.80 bits per heavy atom. The van der Waals surface area contributed by atoms with Crippen LogP contribution in [-0.4, -0.2) is 50.6 Å². The molecule has 0 aromatic carbocycles. The van der Waals surface area contributed by atoms with Gasteiger partial charge in [0.1, 0.15) is 11.8 Å². The first-order chi connectivity index (χ1) is 11.8. The van der Waals surface area contributed by atoms with Crippen molar-refractivity contribution in [3.05, 3.63) is 47.5 Å². The molecule has 7 heteroatoms. The van der Waals surface area contributed by atoms with E-state index in [0.29, 0.717) is 25.4 Å². The molecule has 0 unspecified atom stereocenters. The lowest BCUT2D eigenvalue weighted by atomic mass is 10.2. The molecule has 0 spiro atoms. The molecule has 1 aliphatic heterocycles. The van der Waals surface area contributed by atoms with Gasteiger partial charge in [-0.15, -0.1) is 0 Å². The summed E-state index contributed by atoms with van der Waals surface area (Å²) in [5.74, 6) is -0.749. The molecule has 3 rings (SSSR count). The van der Waals surface area contributed by atoms with Crippen LogP contribution in [0.25, 0.3) is 0 Å². The van der Waals surface area contributed by atoms with Gasteiger partial charge in [0.05, 0.1) is 31.1 Å². The van der Waals surface area contributed by atoms with Crippen molar-refractivity contribution in [2.75, 3.05) is 13.2 Å². The number of carbonyl (C=O) groups is 1. The Bertz CT molecular complexity index is 742. The van der Waals surface area contributed by atoms with Crippen molar-refractivity contribution >= 4 is 5.91 Å². The summed E-state index contributed by atoms with van der Waals surface area (Å²) in [6.07, 6.45) is 1.45. The van der Waals surface area contributed by atoms with Gasteiger partial charge in [0.25, 0.3) is 5.91 Å². The second kappa shape index (κ2) is 6.93. The summed E-state index contributed by atoms with van der Waals surface area (Å²) in [4.78, 5) is 18.9. The molecule has 2 aromatic heterocycles. The van der Waals surface area contributed by atoms with Crippen LogP contribution >= 0.6 is 0 Å². The Hall–Kier alpha value is -2.25. The van der Waals surface area contributed by atoms with Crippen LogP contribution in [0.1, 0.15) is 35.7 Å². The van der Waals surface area contributed by atoms with E-state index in [4.69, 9.17) is 9.47 Å². The Morgan fingerprint density at radius 2 is 2.24 bits per heavy atom. The van der Waals surface area contributed by atoms with Crippen molar-refractivity contribution in [2.24, 2.45) is 7.05 Å². The van der Waals surface area contributed by atoms with Gasteiger partial charge >= 0.3 is 0 Å². The lowest BCUT2D eigenvalue weighted by Crippen LogP contribution is -2.39. The van der Waals surface area contributed by atoms with Crippen molar-refractivity contribution in [1.29, 1.82) is 0 Å². The van der Waals surface area contributed by atoms with Crippen molar-refractivity contribution in [2.45, 2.75) is 39.2 Å². The monoisotopic (exact) mass is 344 g/mol. The zero-order valence-corrected chi connectivity index (χ0v) is 15.1. The van der Waals surface area contributed by atoms with Gasteiger partial charge in [-0.1, -0.05) is 6.07 Å². The molecule has 134 valence electrons. The molecule has 0 bridgehead atoms. The fraction of sp³-hybridized carbons (Fsp3) is 0.500. The van der Waals surface area contributed by atoms with Crippen LogP contribution in [-0.2, 0) is 23.1 Å². The highest BCUT2D eigenvalue weighted by Gasteiger charge is 2.35. The quantitative estimate of drug-likeness (QED) is 0.829. The van der Waals surface area contributed by atoms with Gasteiger partial charge in [-0.05, 0) is 39.0 Å². The number of rotatable bonds is 5. The third kappa shape index (κ3) is 4.24. The Labute approximate surface area is 147 Å². The maximum atomic E-state index is 13.0. The van der Waals surface area contributed by atoms with E-state index >= 15 is 0 Å². The topological polar surface area (TPSA) is 69.5 Å². The zero-order chi connectivity index (χ0) is 18.0. The predicted molar refractivity (Wildman–Crippen MR) is 91.8 cm³/mol. The third-order valence-corrected chi connectivity index (χ3v) is 4.11. The molecule has 1 aliphatic rings. The lowest BCUT2D eigenvalue weighted by Gasteiger charge is -2.25. The molecule has 1 saturated heterocycles. The number of hydrogen-bond acceptors (Lipinski definition) is 5. The maximum absolute atomic E-state index is 13.0. The van der Waals surface area contributed by atoms with E-state index in [0.717, 1.165) is 11.4 Å². The molecular weight excluding hydrogens is 320 g/mol. The molecule has 3 heterocycles. The fourth-order valence-corrected chi connectivity index (χ4v) is 2.98. The van der Waals surface area contributed by atoms with Crippen LogP contribution in [0.3, 0.4) is 0 Å². The SMILES string of the molecule is Cc1cc(CN(C[C@@H]2COC(C)(C)O2)C(=O)c2ccccn2)n(C)n1. The highest BCUT2D eigenvalue weighted by Crippen LogP contribution is 2.23. The van der Waals surface area contributed by atoms with E-state index in [1.807, 2.05) is 40.0 Å². The van der Waals surface area contributed by atoms with Crippen molar-refractivity contribution in [3.63, 3.8) is 0 Å². The molecule has 0 N–H and O–H groups in total. The van der Waals surface area contributed by atoms with Gasteiger partial charge in [-0.25, -0.2) is 0 Å². The number of carbonyl (C=O) groups excluding carboxylic acids is 1. The van der Waals surface area contributed by atoms with Crippen LogP contribution in [0.15, 0.2) is 30.5 Å². The number of pyridine rings is 1. The van der Waals surface area contributed by atoms with Crippen LogP contribution in [0, 0.1) is 6.92 Å². The van der Waals surface area contributed by atoms with Crippen molar-refractivity contribution in [1.82, 2.24) is 19.7 Å². The number of hydrogen-bond donors (Lipinski definition) is 0. The predicted octanol–water partition coefficient (Wildman–Crippen LogP) is 1.92. The molecule has 0 radical (unpaired) electrons. The number of aromatic nitrogens is 3. The van der Waals surface area contributed by atoms with E-state index < -0.39 is 5.79 Å². The first-order valence-corrected chi connectivity index (χ1v) is 8.36. The van der Waals surface area contributed by atoms with Gasteiger partial charge in [0, 0.05) is 13.2 Å². The van der Waals surface area contributed by atoms with Crippen LogP contribution in [0.5, 0.6) is 0 Å². The Balaban J connectivity index is 1.80.